The second kappa shape index (κ2) is 6.96. The highest BCUT2D eigenvalue weighted by Gasteiger charge is 2.08. The average molecular weight is 309 g/mol. The van der Waals surface area contributed by atoms with E-state index in [9.17, 15) is 4.79 Å². The highest BCUT2D eigenvalue weighted by atomic mass is 16.5. The predicted octanol–water partition coefficient (Wildman–Crippen LogP) is 3.30. The molecule has 5 nitrogen and oxygen atoms in total. The van der Waals surface area contributed by atoms with E-state index in [1.807, 2.05) is 53.1 Å². The summed E-state index contributed by atoms with van der Waals surface area (Å²) in [5.74, 6) is 0.944. The Hall–Kier alpha value is -2.82. The van der Waals surface area contributed by atoms with Crippen LogP contribution in [0.1, 0.15) is 18.9 Å². The number of benzene rings is 1. The first-order valence-corrected chi connectivity index (χ1v) is 7.70. The van der Waals surface area contributed by atoms with E-state index in [4.69, 9.17) is 4.74 Å². The summed E-state index contributed by atoms with van der Waals surface area (Å²) in [5, 5.41) is 2.75. The maximum Gasteiger partial charge on any atom is 0.264 e. The van der Waals surface area contributed by atoms with Crippen molar-refractivity contribution >= 4 is 17.4 Å². The van der Waals surface area contributed by atoms with Crippen molar-refractivity contribution in [3.63, 3.8) is 0 Å². The van der Waals surface area contributed by atoms with Gasteiger partial charge in [-0.15, -0.1) is 0 Å². The highest BCUT2D eigenvalue weighted by Crippen LogP contribution is 2.14. The fraction of sp³-hybridized carbons (Fsp3) is 0.222. The van der Waals surface area contributed by atoms with Gasteiger partial charge in [0, 0.05) is 6.20 Å². The number of fused-ring (bicyclic) bond motifs is 1. The van der Waals surface area contributed by atoms with Crippen molar-refractivity contribution < 1.29 is 9.53 Å². The molecule has 1 N–H and O–H groups in total. The van der Waals surface area contributed by atoms with Crippen molar-refractivity contribution in [2.24, 2.45) is 0 Å². The number of nitrogens with zero attached hydrogens (tertiary/aromatic N) is 2. The van der Waals surface area contributed by atoms with Crippen LogP contribution in [0, 0.1) is 0 Å². The smallest absolute Gasteiger partial charge is 0.264 e. The second-order valence-electron chi connectivity index (χ2n) is 5.31. The van der Waals surface area contributed by atoms with E-state index >= 15 is 0 Å². The number of nitrogens with one attached hydrogen (secondary N) is 1. The first-order valence-electron chi connectivity index (χ1n) is 7.70. The van der Waals surface area contributed by atoms with Gasteiger partial charge in [0.2, 0.25) is 5.95 Å². The van der Waals surface area contributed by atoms with Crippen molar-refractivity contribution in [1.29, 1.82) is 0 Å². The standard InChI is InChI=1S/C18H19N3O2/c1-2-5-14-7-9-16(10-8-14)23-13-17(22)20-18-19-12-15-6-3-4-11-21(15)18/h3-4,6-12H,2,5,13H2,1H3,(H,19,20,22). The minimum Gasteiger partial charge on any atom is -0.484 e. The van der Waals surface area contributed by atoms with E-state index < -0.39 is 0 Å². The number of hydrogen-bond acceptors (Lipinski definition) is 3. The zero-order valence-electron chi connectivity index (χ0n) is 13.0. The van der Waals surface area contributed by atoms with Crippen LogP contribution in [0.2, 0.25) is 0 Å². The first-order chi connectivity index (χ1) is 11.3. The van der Waals surface area contributed by atoms with Gasteiger partial charge in [-0.05, 0) is 36.2 Å². The fourth-order valence-corrected chi connectivity index (χ4v) is 2.39. The largest absolute Gasteiger partial charge is 0.484 e. The normalized spacial score (nSPS) is 10.7. The van der Waals surface area contributed by atoms with E-state index in [-0.39, 0.29) is 12.5 Å². The van der Waals surface area contributed by atoms with Crippen molar-refractivity contribution in [3.05, 3.63) is 60.4 Å². The molecule has 0 aliphatic rings. The Kier molecular flexibility index (Phi) is 4.57. The summed E-state index contributed by atoms with van der Waals surface area (Å²) >= 11 is 0. The molecule has 2 heterocycles. The Morgan fingerprint density at radius 3 is 2.83 bits per heavy atom. The number of aromatic nitrogens is 2. The summed E-state index contributed by atoms with van der Waals surface area (Å²) < 4.78 is 7.33. The van der Waals surface area contributed by atoms with Crippen LogP contribution in [0.3, 0.4) is 0 Å². The Balaban J connectivity index is 1.57. The van der Waals surface area contributed by atoms with Crippen LogP contribution in [-0.4, -0.2) is 21.9 Å². The third-order valence-corrected chi connectivity index (χ3v) is 3.52. The molecule has 3 aromatic rings. The molecule has 5 heteroatoms. The van der Waals surface area contributed by atoms with Crippen molar-refractivity contribution in [3.8, 4) is 5.75 Å². The molecule has 0 aliphatic carbocycles. The minimum atomic E-state index is -0.237. The van der Waals surface area contributed by atoms with E-state index in [1.165, 1.54) is 5.56 Å². The molecule has 3 rings (SSSR count). The zero-order chi connectivity index (χ0) is 16.1. The number of amides is 1. The highest BCUT2D eigenvalue weighted by molar-refractivity contribution is 5.90. The van der Waals surface area contributed by atoms with E-state index in [1.54, 1.807) is 6.20 Å². The maximum atomic E-state index is 12.0. The quantitative estimate of drug-likeness (QED) is 0.760. The van der Waals surface area contributed by atoms with Gasteiger partial charge in [-0.3, -0.25) is 14.5 Å². The molecule has 23 heavy (non-hydrogen) atoms. The molecule has 0 fully saturated rings. The van der Waals surface area contributed by atoms with Gasteiger partial charge < -0.3 is 4.74 Å². The minimum absolute atomic E-state index is 0.0468. The van der Waals surface area contributed by atoms with Crippen LogP contribution >= 0.6 is 0 Å². The average Bonchev–Trinajstić information content (AvgIpc) is 2.98. The summed E-state index contributed by atoms with van der Waals surface area (Å²) in [4.78, 5) is 16.2. The molecule has 0 unspecified atom stereocenters. The van der Waals surface area contributed by atoms with Crippen LogP contribution in [0.4, 0.5) is 5.95 Å². The van der Waals surface area contributed by atoms with Gasteiger partial charge in [0.15, 0.2) is 6.61 Å². The molecule has 0 aliphatic heterocycles. The first kappa shape index (κ1) is 15.1. The van der Waals surface area contributed by atoms with E-state index in [0.29, 0.717) is 11.7 Å². The van der Waals surface area contributed by atoms with Crippen molar-refractivity contribution in [2.75, 3.05) is 11.9 Å². The number of hydrogen-bond donors (Lipinski definition) is 1. The lowest BCUT2D eigenvalue weighted by Crippen LogP contribution is -2.21. The molecule has 0 radical (unpaired) electrons. The zero-order valence-corrected chi connectivity index (χ0v) is 13.0. The Morgan fingerprint density at radius 1 is 1.22 bits per heavy atom. The lowest BCUT2D eigenvalue weighted by Gasteiger charge is -2.07. The summed E-state index contributed by atoms with van der Waals surface area (Å²) in [5.41, 5.74) is 2.20. The third kappa shape index (κ3) is 3.69. The number of anilines is 1. The van der Waals surface area contributed by atoms with Gasteiger partial charge in [-0.2, -0.15) is 0 Å². The topological polar surface area (TPSA) is 55.6 Å². The number of rotatable bonds is 6. The molecule has 0 saturated carbocycles. The Bertz CT molecular complexity index is 793. The molecular weight excluding hydrogens is 290 g/mol. The molecule has 2 aromatic heterocycles. The lowest BCUT2D eigenvalue weighted by molar-refractivity contribution is -0.118. The maximum absolute atomic E-state index is 12.0. The van der Waals surface area contributed by atoms with Gasteiger partial charge in [0.1, 0.15) is 5.75 Å². The van der Waals surface area contributed by atoms with Crippen molar-refractivity contribution in [1.82, 2.24) is 9.38 Å². The van der Waals surface area contributed by atoms with Crippen LogP contribution < -0.4 is 10.1 Å². The van der Waals surface area contributed by atoms with E-state index in [0.717, 1.165) is 18.4 Å². The van der Waals surface area contributed by atoms with Gasteiger partial charge in [-0.25, -0.2) is 4.98 Å². The number of imidazole rings is 1. The lowest BCUT2D eigenvalue weighted by atomic mass is 10.1. The Morgan fingerprint density at radius 2 is 2.04 bits per heavy atom. The SMILES string of the molecule is CCCc1ccc(OCC(=O)Nc2ncc3ccccn23)cc1. The fourth-order valence-electron chi connectivity index (χ4n) is 2.39. The van der Waals surface area contributed by atoms with Crippen LogP contribution in [-0.2, 0) is 11.2 Å². The number of pyridine rings is 1. The van der Waals surface area contributed by atoms with Crippen molar-refractivity contribution in [2.45, 2.75) is 19.8 Å². The van der Waals surface area contributed by atoms with Gasteiger partial charge in [0.05, 0.1) is 11.7 Å². The monoisotopic (exact) mass is 309 g/mol. The second-order valence-corrected chi connectivity index (χ2v) is 5.31. The summed E-state index contributed by atoms with van der Waals surface area (Å²) in [6, 6.07) is 13.6. The van der Waals surface area contributed by atoms with Crippen LogP contribution in [0.15, 0.2) is 54.9 Å². The summed E-state index contributed by atoms with van der Waals surface area (Å²) in [6.07, 6.45) is 5.72. The number of aryl methyl sites for hydroxylation is 1. The van der Waals surface area contributed by atoms with E-state index in [2.05, 4.69) is 17.2 Å². The number of ether oxygens (including phenoxy) is 1. The van der Waals surface area contributed by atoms with Gasteiger partial charge in [-0.1, -0.05) is 31.5 Å². The van der Waals surface area contributed by atoms with Gasteiger partial charge >= 0.3 is 0 Å². The molecular formula is C18H19N3O2. The molecule has 0 atom stereocenters. The molecule has 0 spiro atoms. The third-order valence-electron chi connectivity index (χ3n) is 3.52. The van der Waals surface area contributed by atoms with Crippen LogP contribution in [0.25, 0.3) is 5.52 Å². The number of carbonyl (C=O) groups excluding carboxylic acids is 1. The molecule has 1 aromatic carbocycles. The summed E-state index contributed by atoms with van der Waals surface area (Å²) in [6.45, 7) is 2.10. The molecule has 0 bridgehead atoms. The summed E-state index contributed by atoms with van der Waals surface area (Å²) in [7, 11) is 0. The molecule has 1 amide bonds. The Labute approximate surface area is 134 Å². The van der Waals surface area contributed by atoms with Crippen LogP contribution in [0.5, 0.6) is 5.75 Å². The number of carbonyl (C=O) groups is 1. The predicted molar refractivity (Wildman–Crippen MR) is 89.8 cm³/mol. The molecule has 118 valence electrons. The molecule has 0 saturated heterocycles. The van der Waals surface area contributed by atoms with Gasteiger partial charge in [0.25, 0.3) is 5.91 Å².